The van der Waals surface area contributed by atoms with Crippen LogP contribution in [0.25, 0.3) is 10.9 Å². The van der Waals surface area contributed by atoms with Crippen LogP contribution in [0.15, 0.2) is 24.3 Å². The predicted molar refractivity (Wildman–Crippen MR) is 88.2 cm³/mol. The third-order valence-electron chi connectivity index (χ3n) is 4.99. The minimum absolute atomic E-state index is 0.879. The number of aryl methyl sites for hydroxylation is 1. The maximum atomic E-state index is 4.64. The first-order chi connectivity index (χ1) is 10.2. The van der Waals surface area contributed by atoms with Crippen LogP contribution < -0.4 is 5.32 Å². The summed E-state index contributed by atoms with van der Waals surface area (Å²) in [5.41, 5.74) is 2.39. The summed E-state index contributed by atoms with van der Waals surface area (Å²) < 4.78 is 1.98. The third kappa shape index (κ3) is 3.46. The summed E-state index contributed by atoms with van der Waals surface area (Å²) in [6, 6.07) is 8.47. The number of nitrogens with zero attached hydrogens (tertiary/aromatic N) is 2. The van der Waals surface area contributed by atoms with Gasteiger partial charge in [-0.25, -0.2) is 0 Å². The number of benzene rings is 1. The van der Waals surface area contributed by atoms with E-state index in [2.05, 4.69) is 41.6 Å². The Kier molecular flexibility index (Phi) is 4.59. The highest BCUT2D eigenvalue weighted by Crippen LogP contribution is 2.29. The summed E-state index contributed by atoms with van der Waals surface area (Å²) in [5.74, 6) is 1.89. The van der Waals surface area contributed by atoms with Crippen molar-refractivity contribution in [1.29, 1.82) is 0 Å². The van der Waals surface area contributed by atoms with Crippen LogP contribution in [0.3, 0.4) is 0 Å². The summed E-state index contributed by atoms with van der Waals surface area (Å²) in [6.07, 6.45) is 7.02. The molecule has 1 aromatic carbocycles. The number of aromatic nitrogens is 2. The van der Waals surface area contributed by atoms with E-state index < -0.39 is 0 Å². The van der Waals surface area contributed by atoms with Crippen LogP contribution in [-0.2, 0) is 13.6 Å². The van der Waals surface area contributed by atoms with Crippen LogP contribution in [-0.4, -0.2) is 16.3 Å². The topological polar surface area (TPSA) is 29.9 Å². The molecule has 0 unspecified atom stereocenters. The molecular formula is C18H27N3. The smallest absolute Gasteiger partial charge is 0.0841 e. The number of para-hydroxylation sites is 1. The first-order valence-electron chi connectivity index (χ1n) is 8.35. The fourth-order valence-electron chi connectivity index (χ4n) is 3.55. The van der Waals surface area contributed by atoms with E-state index in [1.54, 1.807) is 0 Å². The van der Waals surface area contributed by atoms with Crippen molar-refractivity contribution in [2.24, 2.45) is 18.9 Å². The second-order valence-corrected chi connectivity index (χ2v) is 6.68. The van der Waals surface area contributed by atoms with Gasteiger partial charge in [0.1, 0.15) is 0 Å². The Morgan fingerprint density at radius 3 is 2.76 bits per heavy atom. The lowest BCUT2D eigenvalue weighted by atomic mass is 9.81. The molecule has 2 aromatic rings. The molecule has 0 spiro atoms. The van der Waals surface area contributed by atoms with Crippen LogP contribution >= 0.6 is 0 Å². The van der Waals surface area contributed by atoms with Crippen molar-refractivity contribution in [3.05, 3.63) is 30.0 Å². The number of rotatable bonds is 5. The van der Waals surface area contributed by atoms with Crippen molar-refractivity contribution in [1.82, 2.24) is 15.1 Å². The van der Waals surface area contributed by atoms with Gasteiger partial charge in [0.25, 0.3) is 0 Å². The van der Waals surface area contributed by atoms with Crippen molar-refractivity contribution >= 4 is 10.9 Å². The molecule has 1 aliphatic rings. The van der Waals surface area contributed by atoms with E-state index in [4.69, 9.17) is 0 Å². The Balaban J connectivity index is 1.49. The van der Waals surface area contributed by atoms with Gasteiger partial charge in [-0.1, -0.05) is 50.8 Å². The Morgan fingerprint density at radius 2 is 1.95 bits per heavy atom. The molecule has 1 heterocycles. The molecule has 1 N–H and O–H groups in total. The van der Waals surface area contributed by atoms with Crippen LogP contribution in [0, 0.1) is 11.8 Å². The molecule has 0 aliphatic heterocycles. The molecule has 114 valence electrons. The Morgan fingerprint density at radius 1 is 1.19 bits per heavy atom. The summed E-state index contributed by atoms with van der Waals surface area (Å²) in [4.78, 5) is 0. The Bertz CT molecular complexity index is 579. The largest absolute Gasteiger partial charge is 0.311 e. The van der Waals surface area contributed by atoms with Crippen molar-refractivity contribution in [2.45, 2.75) is 45.6 Å². The Labute approximate surface area is 127 Å². The van der Waals surface area contributed by atoms with Gasteiger partial charge in [-0.3, -0.25) is 4.68 Å². The molecule has 3 heteroatoms. The average Bonchev–Trinajstić information content (AvgIpc) is 2.83. The number of fused-ring (bicyclic) bond motifs is 1. The molecule has 1 aromatic heterocycles. The van der Waals surface area contributed by atoms with Crippen LogP contribution in [0.1, 0.15) is 44.7 Å². The maximum absolute atomic E-state index is 4.64. The van der Waals surface area contributed by atoms with Gasteiger partial charge >= 0.3 is 0 Å². The highest BCUT2D eigenvalue weighted by Gasteiger charge is 2.17. The first-order valence-corrected chi connectivity index (χ1v) is 8.35. The standard InChI is InChI=1S/C18H27N3/c1-14-7-9-15(10-8-14)11-12-19-13-17-16-5-3-4-6-18(16)21(2)20-17/h3-6,14-15,19H,7-13H2,1-2H3. The van der Waals surface area contributed by atoms with Gasteiger partial charge in [0, 0.05) is 19.0 Å². The van der Waals surface area contributed by atoms with Gasteiger partial charge in [0.05, 0.1) is 11.2 Å². The van der Waals surface area contributed by atoms with Crippen molar-refractivity contribution in [3.63, 3.8) is 0 Å². The third-order valence-corrected chi connectivity index (χ3v) is 4.99. The van der Waals surface area contributed by atoms with Gasteiger partial charge < -0.3 is 5.32 Å². The van der Waals surface area contributed by atoms with E-state index in [1.807, 2.05) is 11.7 Å². The predicted octanol–water partition coefficient (Wildman–Crippen LogP) is 3.88. The molecule has 21 heavy (non-hydrogen) atoms. The minimum atomic E-state index is 0.879. The van der Waals surface area contributed by atoms with E-state index in [-0.39, 0.29) is 0 Å². The highest BCUT2D eigenvalue weighted by molar-refractivity contribution is 5.81. The summed E-state index contributed by atoms with van der Waals surface area (Å²) in [7, 11) is 2.02. The van der Waals surface area contributed by atoms with E-state index in [1.165, 1.54) is 48.7 Å². The zero-order valence-corrected chi connectivity index (χ0v) is 13.3. The molecule has 0 saturated heterocycles. The molecule has 1 aliphatic carbocycles. The van der Waals surface area contributed by atoms with E-state index in [0.717, 1.165) is 24.9 Å². The molecule has 3 nitrogen and oxygen atoms in total. The number of nitrogens with one attached hydrogen (secondary N) is 1. The molecule has 0 atom stereocenters. The van der Waals surface area contributed by atoms with Gasteiger partial charge in [-0.2, -0.15) is 5.10 Å². The lowest BCUT2D eigenvalue weighted by molar-refractivity contribution is 0.275. The molecule has 0 bridgehead atoms. The summed E-state index contributed by atoms with van der Waals surface area (Å²) in [6.45, 7) is 4.38. The molecular weight excluding hydrogens is 258 g/mol. The quantitative estimate of drug-likeness (QED) is 0.845. The zero-order chi connectivity index (χ0) is 14.7. The fourth-order valence-corrected chi connectivity index (χ4v) is 3.55. The van der Waals surface area contributed by atoms with E-state index in [0.29, 0.717) is 0 Å². The number of hydrogen-bond donors (Lipinski definition) is 1. The van der Waals surface area contributed by atoms with Crippen molar-refractivity contribution in [2.75, 3.05) is 6.54 Å². The lowest BCUT2D eigenvalue weighted by Gasteiger charge is -2.26. The zero-order valence-electron chi connectivity index (χ0n) is 13.3. The van der Waals surface area contributed by atoms with Crippen molar-refractivity contribution in [3.8, 4) is 0 Å². The van der Waals surface area contributed by atoms with Gasteiger partial charge in [-0.05, 0) is 30.9 Å². The van der Waals surface area contributed by atoms with E-state index in [9.17, 15) is 0 Å². The first kappa shape index (κ1) is 14.6. The molecule has 0 radical (unpaired) electrons. The van der Waals surface area contributed by atoms with Crippen LogP contribution in [0.4, 0.5) is 0 Å². The second-order valence-electron chi connectivity index (χ2n) is 6.68. The second kappa shape index (κ2) is 6.61. The van der Waals surface area contributed by atoms with Crippen LogP contribution in [0.2, 0.25) is 0 Å². The number of hydrogen-bond acceptors (Lipinski definition) is 2. The highest BCUT2D eigenvalue weighted by atomic mass is 15.3. The van der Waals surface area contributed by atoms with Gasteiger partial charge in [0.2, 0.25) is 0 Å². The fraction of sp³-hybridized carbons (Fsp3) is 0.611. The molecule has 1 saturated carbocycles. The average molecular weight is 285 g/mol. The lowest BCUT2D eigenvalue weighted by Crippen LogP contribution is -2.20. The molecule has 0 amide bonds. The minimum Gasteiger partial charge on any atom is -0.311 e. The molecule has 1 fully saturated rings. The summed E-state index contributed by atoms with van der Waals surface area (Å²) in [5, 5.41) is 9.50. The van der Waals surface area contributed by atoms with Gasteiger partial charge in [-0.15, -0.1) is 0 Å². The summed E-state index contributed by atoms with van der Waals surface area (Å²) >= 11 is 0. The normalized spacial score (nSPS) is 22.8. The van der Waals surface area contributed by atoms with Crippen LogP contribution in [0.5, 0.6) is 0 Å². The Hall–Kier alpha value is -1.35. The van der Waals surface area contributed by atoms with Crippen molar-refractivity contribution < 1.29 is 0 Å². The SMILES string of the molecule is CC1CCC(CCNCc2nn(C)c3ccccc23)CC1. The molecule has 3 rings (SSSR count). The van der Waals surface area contributed by atoms with Gasteiger partial charge in [0.15, 0.2) is 0 Å². The maximum Gasteiger partial charge on any atom is 0.0841 e. The van der Waals surface area contributed by atoms with E-state index >= 15 is 0 Å². The monoisotopic (exact) mass is 285 g/mol.